The van der Waals surface area contributed by atoms with Crippen molar-refractivity contribution in [1.29, 1.82) is 0 Å². The lowest BCUT2D eigenvalue weighted by Gasteiger charge is -2.13. The molecule has 1 unspecified atom stereocenters. The lowest BCUT2D eigenvalue weighted by Crippen LogP contribution is -2.32. The quantitative estimate of drug-likeness (QED) is 0.753. The number of nitrogens with zero attached hydrogens (tertiary/aromatic N) is 1. The summed E-state index contributed by atoms with van der Waals surface area (Å²) < 4.78 is 25.8. The van der Waals surface area contributed by atoms with Crippen molar-refractivity contribution in [2.45, 2.75) is 13.0 Å². The van der Waals surface area contributed by atoms with E-state index in [0.29, 0.717) is 6.54 Å². The molecule has 1 rings (SSSR count). The Morgan fingerprint density at radius 3 is 2.81 bits per heavy atom. The molecule has 0 amide bonds. The third-order valence-corrected chi connectivity index (χ3v) is 3.62. The summed E-state index contributed by atoms with van der Waals surface area (Å²) in [6.45, 7) is 2.24. The summed E-state index contributed by atoms with van der Waals surface area (Å²) in [6.07, 6.45) is 3.32. The molecule has 0 fully saturated rings. The van der Waals surface area contributed by atoms with Gasteiger partial charge >= 0.3 is 0 Å². The van der Waals surface area contributed by atoms with Crippen LogP contribution in [0.4, 0.5) is 0 Å². The number of hydrogen-bond acceptors (Lipinski definition) is 4. The van der Waals surface area contributed by atoms with Gasteiger partial charge in [-0.15, -0.1) is 0 Å². The maximum atomic E-state index is 11.6. The highest BCUT2D eigenvalue weighted by molar-refractivity contribution is 7.89. The summed E-state index contributed by atoms with van der Waals surface area (Å²) in [5, 5.41) is 2.81. The zero-order valence-corrected chi connectivity index (χ0v) is 10.3. The van der Waals surface area contributed by atoms with Gasteiger partial charge in [0.1, 0.15) is 0 Å². The third kappa shape index (κ3) is 4.26. The van der Waals surface area contributed by atoms with Crippen LogP contribution in [-0.4, -0.2) is 32.7 Å². The van der Waals surface area contributed by atoms with Crippen LogP contribution in [0.25, 0.3) is 0 Å². The van der Waals surface area contributed by atoms with Gasteiger partial charge in [-0.05, 0) is 25.6 Å². The van der Waals surface area contributed by atoms with Gasteiger partial charge in [0.05, 0.1) is 5.75 Å². The number of aromatic nitrogens is 1. The van der Waals surface area contributed by atoms with Crippen molar-refractivity contribution < 1.29 is 8.42 Å². The first kappa shape index (κ1) is 13.1. The van der Waals surface area contributed by atoms with Crippen molar-refractivity contribution in [3.63, 3.8) is 0 Å². The lowest BCUT2D eigenvalue weighted by molar-refractivity contribution is 0.564. The van der Waals surface area contributed by atoms with E-state index in [2.05, 4.69) is 15.0 Å². The molecule has 1 aromatic heterocycles. The van der Waals surface area contributed by atoms with Crippen LogP contribution in [0.2, 0.25) is 0 Å². The van der Waals surface area contributed by atoms with Crippen molar-refractivity contribution in [2.75, 3.05) is 19.3 Å². The minimum absolute atomic E-state index is 0.0775. The van der Waals surface area contributed by atoms with Crippen LogP contribution >= 0.6 is 0 Å². The molecule has 0 aromatic carbocycles. The van der Waals surface area contributed by atoms with Gasteiger partial charge in [0, 0.05) is 25.0 Å². The Morgan fingerprint density at radius 1 is 1.50 bits per heavy atom. The van der Waals surface area contributed by atoms with Gasteiger partial charge in [-0.3, -0.25) is 4.98 Å². The van der Waals surface area contributed by atoms with E-state index in [9.17, 15) is 8.42 Å². The summed E-state index contributed by atoms with van der Waals surface area (Å²) in [4.78, 5) is 3.95. The largest absolute Gasteiger partial charge is 0.319 e. The predicted octanol–water partition coefficient (Wildman–Crippen LogP) is 0.281. The fourth-order valence-corrected chi connectivity index (χ4v) is 2.53. The van der Waals surface area contributed by atoms with Crippen LogP contribution in [0.1, 0.15) is 18.5 Å². The molecule has 1 aromatic rings. The van der Waals surface area contributed by atoms with Gasteiger partial charge in [0.25, 0.3) is 0 Å². The van der Waals surface area contributed by atoms with Crippen LogP contribution in [0.15, 0.2) is 24.5 Å². The summed E-state index contributed by atoms with van der Waals surface area (Å²) in [5.41, 5.74) is 0.857. The zero-order valence-electron chi connectivity index (χ0n) is 9.47. The molecule has 90 valence electrons. The minimum Gasteiger partial charge on any atom is -0.319 e. The standard InChI is InChI=1S/C10H17N3O2S/c1-9(10-4-3-5-12-8-10)13-16(14,15)7-6-11-2/h3-5,8-9,11,13H,6-7H2,1-2H3. The minimum atomic E-state index is -3.23. The molecular weight excluding hydrogens is 226 g/mol. The van der Waals surface area contributed by atoms with E-state index in [1.54, 1.807) is 32.4 Å². The first-order valence-corrected chi connectivity index (χ1v) is 6.75. The first-order valence-electron chi connectivity index (χ1n) is 5.09. The number of nitrogens with one attached hydrogen (secondary N) is 2. The first-order chi connectivity index (χ1) is 7.55. The van der Waals surface area contributed by atoms with Crippen LogP contribution in [0.3, 0.4) is 0 Å². The molecule has 0 aliphatic rings. The Bertz CT molecular complexity index is 405. The van der Waals surface area contributed by atoms with Crippen LogP contribution in [0, 0.1) is 0 Å². The number of sulfonamides is 1. The fourth-order valence-electron chi connectivity index (χ4n) is 1.26. The second kappa shape index (κ2) is 5.93. The molecule has 16 heavy (non-hydrogen) atoms. The van der Waals surface area contributed by atoms with Crippen molar-refractivity contribution in [3.05, 3.63) is 30.1 Å². The lowest BCUT2D eigenvalue weighted by atomic mass is 10.2. The molecule has 2 N–H and O–H groups in total. The predicted molar refractivity (Wildman–Crippen MR) is 63.5 cm³/mol. The average Bonchev–Trinajstić information content (AvgIpc) is 2.27. The van der Waals surface area contributed by atoms with Crippen molar-refractivity contribution in [3.8, 4) is 0 Å². The second-order valence-corrected chi connectivity index (χ2v) is 5.42. The van der Waals surface area contributed by atoms with E-state index in [4.69, 9.17) is 0 Å². The van der Waals surface area contributed by atoms with Gasteiger partial charge in [-0.25, -0.2) is 13.1 Å². The Balaban J connectivity index is 2.61. The Hall–Kier alpha value is -0.980. The monoisotopic (exact) mass is 243 g/mol. The smallest absolute Gasteiger partial charge is 0.213 e. The highest BCUT2D eigenvalue weighted by Crippen LogP contribution is 2.10. The molecule has 0 bridgehead atoms. The molecule has 0 radical (unpaired) electrons. The number of pyridine rings is 1. The Labute approximate surface area is 96.3 Å². The molecule has 6 heteroatoms. The second-order valence-electron chi connectivity index (χ2n) is 3.55. The van der Waals surface area contributed by atoms with Gasteiger partial charge in [0.2, 0.25) is 10.0 Å². The van der Waals surface area contributed by atoms with Crippen molar-refractivity contribution in [1.82, 2.24) is 15.0 Å². The summed E-state index contributed by atoms with van der Waals surface area (Å²) >= 11 is 0. The molecule has 5 nitrogen and oxygen atoms in total. The topological polar surface area (TPSA) is 71.1 Å². The molecule has 0 saturated carbocycles. The fraction of sp³-hybridized carbons (Fsp3) is 0.500. The molecule has 0 aliphatic carbocycles. The highest BCUT2D eigenvalue weighted by atomic mass is 32.2. The molecule has 1 atom stereocenters. The van der Waals surface area contributed by atoms with E-state index < -0.39 is 10.0 Å². The van der Waals surface area contributed by atoms with Gasteiger partial charge in [0.15, 0.2) is 0 Å². The van der Waals surface area contributed by atoms with Gasteiger partial charge in [-0.2, -0.15) is 0 Å². The maximum absolute atomic E-state index is 11.6. The molecule has 1 heterocycles. The molecule has 0 spiro atoms. The molecule has 0 aliphatic heterocycles. The van der Waals surface area contributed by atoms with E-state index >= 15 is 0 Å². The maximum Gasteiger partial charge on any atom is 0.213 e. The van der Waals surface area contributed by atoms with Gasteiger partial charge < -0.3 is 5.32 Å². The summed E-state index contributed by atoms with van der Waals surface area (Å²) in [5.74, 6) is 0.0775. The van der Waals surface area contributed by atoms with Crippen LogP contribution in [0.5, 0.6) is 0 Å². The molecule has 0 saturated heterocycles. The summed E-state index contributed by atoms with van der Waals surface area (Å²) in [7, 11) is -1.51. The van der Waals surface area contributed by atoms with E-state index in [-0.39, 0.29) is 11.8 Å². The Kier molecular flexibility index (Phi) is 4.85. The SMILES string of the molecule is CNCCS(=O)(=O)NC(C)c1cccnc1. The normalized spacial score (nSPS) is 13.6. The van der Waals surface area contributed by atoms with E-state index in [1.165, 1.54) is 0 Å². The van der Waals surface area contributed by atoms with Crippen molar-refractivity contribution >= 4 is 10.0 Å². The van der Waals surface area contributed by atoms with Gasteiger partial charge in [-0.1, -0.05) is 6.07 Å². The average molecular weight is 243 g/mol. The summed E-state index contributed by atoms with van der Waals surface area (Å²) in [6, 6.07) is 3.38. The zero-order chi connectivity index (χ0) is 12.0. The molecular formula is C10H17N3O2S. The van der Waals surface area contributed by atoms with Crippen molar-refractivity contribution in [2.24, 2.45) is 0 Å². The number of hydrogen-bond donors (Lipinski definition) is 2. The van der Waals surface area contributed by atoms with E-state index in [1.807, 2.05) is 6.07 Å². The highest BCUT2D eigenvalue weighted by Gasteiger charge is 2.14. The Morgan fingerprint density at radius 2 is 2.25 bits per heavy atom. The van der Waals surface area contributed by atoms with Crippen LogP contribution in [-0.2, 0) is 10.0 Å². The van der Waals surface area contributed by atoms with Crippen LogP contribution < -0.4 is 10.0 Å². The van der Waals surface area contributed by atoms with E-state index in [0.717, 1.165) is 5.56 Å². The number of rotatable bonds is 6. The third-order valence-electron chi connectivity index (χ3n) is 2.16.